The Hall–Kier alpha value is -2.33. The van der Waals surface area contributed by atoms with Crippen LogP contribution in [0.1, 0.15) is 25.3 Å². The monoisotopic (exact) mass is 318 g/mol. The van der Waals surface area contributed by atoms with Crippen molar-refractivity contribution in [3.63, 3.8) is 0 Å². The van der Waals surface area contributed by atoms with Gasteiger partial charge >= 0.3 is 0 Å². The first-order valence-corrected chi connectivity index (χ1v) is 8.69. The van der Waals surface area contributed by atoms with Gasteiger partial charge in [-0.25, -0.2) is 15.0 Å². The summed E-state index contributed by atoms with van der Waals surface area (Å²) in [7, 11) is 0. The van der Waals surface area contributed by atoms with Crippen molar-refractivity contribution in [2.45, 2.75) is 32.2 Å². The molecule has 0 spiro atoms. The minimum Gasteiger partial charge on any atom is -0.300 e. The van der Waals surface area contributed by atoms with Crippen molar-refractivity contribution in [1.29, 1.82) is 0 Å². The van der Waals surface area contributed by atoms with Gasteiger partial charge in [-0.2, -0.15) is 0 Å². The molecule has 1 aliphatic heterocycles. The third-order valence-electron chi connectivity index (χ3n) is 4.99. The van der Waals surface area contributed by atoms with Gasteiger partial charge in [0.05, 0.1) is 11.2 Å². The molecule has 3 aromatic rings. The number of likely N-dealkylation sites (tertiary alicyclic amines) is 1. The summed E-state index contributed by atoms with van der Waals surface area (Å²) in [6, 6.07) is 11.5. The summed E-state index contributed by atoms with van der Waals surface area (Å²) in [6.45, 7) is 4.74. The Balaban J connectivity index is 1.53. The molecule has 2 aromatic heterocycles. The molecule has 3 heterocycles. The molecular formula is C20H22N4. The number of fused-ring (bicyclic) bond motifs is 1. The van der Waals surface area contributed by atoms with Crippen LogP contribution in [0.15, 0.2) is 49.1 Å². The molecule has 4 nitrogen and oxygen atoms in total. The summed E-state index contributed by atoms with van der Waals surface area (Å²) < 4.78 is 0. The summed E-state index contributed by atoms with van der Waals surface area (Å²) in [5, 5.41) is 1.20. The van der Waals surface area contributed by atoms with Crippen LogP contribution in [0, 0.1) is 0 Å². The summed E-state index contributed by atoms with van der Waals surface area (Å²) in [5.74, 6) is 0. The summed E-state index contributed by atoms with van der Waals surface area (Å²) >= 11 is 0. The highest BCUT2D eigenvalue weighted by atomic mass is 15.2. The molecule has 122 valence electrons. The average molecular weight is 318 g/mol. The Morgan fingerprint density at radius 1 is 1.12 bits per heavy atom. The summed E-state index contributed by atoms with van der Waals surface area (Å²) in [6.07, 6.45) is 8.93. The topological polar surface area (TPSA) is 41.9 Å². The molecule has 1 atom stereocenters. The molecule has 1 fully saturated rings. The van der Waals surface area contributed by atoms with Crippen LogP contribution in [0.4, 0.5) is 0 Å². The normalized spacial score (nSPS) is 18.3. The SMILES string of the molecule is C[C@@H]1CCCN1CCc1ccc2nc(-c3cncnc3)ccc2c1. The predicted octanol–water partition coefficient (Wildman–Crippen LogP) is 3.72. The van der Waals surface area contributed by atoms with E-state index in [0.29, 0.717) is 0 Å². The van der Waals surface area contributed by atoms with E-state index in [1.165, 1.54) is 36.7 Å². The molecule has 1 aromatic carbocycles. The highest BCUT2D eigenvalue weighted by Gasteiger charge is 2.19. The lowest BCUT2D eigenvalue weighted by Gasteiger charge is -2.20. The first-order chi connectivity index (χ1) is 11.8. The Labute approximate surface area is 142 Å². The molecule has 0 amide bonds. The zero-order chi connectivity index (χ0) is 16.4. The van der Waals surface area contributed by atoms with Crippen LogP contribution >= 0.6 is 0 Å². The van der Waals surface area contributed by atoms with Crippen molar-refractivity contribution in [2.75, 3.05) is 13.1 Å². The minimum absolute atomic E-state index is 0.739. The van der Waals surface area contributed by atoms with Gasteiger partial charge in [0.1, 0.15) is 6.33 Å². The number of rotatable bonds is 4. The van der Waals surface area contributed by atoms with E-state index in [0.717, 1.165) is 35.8 Å². The number of nitrogens with zero attached hydrogens (tertiary/aromatic N) is 4. The molecule has 0 N–H and O–H groups in total. The van der Waals surface area contributed by atoms with Crippen LogP contribution in [-0.4, -0.2) is 39.0 Å². The first-order valence-electron chi connectivity index (χ1n) is 8.69. The van der Waals surface area contributed by atoms with Crippen molar-refractivity contribution < 1.29 is 0 Å². The van der Waals surface area contributed by atoms with Crippen molar-refractivity contribution in [3.8, 4) is 11.3 Å². The van der Waals surface area contributed by atoms with E-state index in [9.17, 15) is 0 Å². The van der Waals surface area contributed by atoms with E-state index in [2.05, 4.69) is 46.1 Å². The molecule has 0 saturated carbocycles. The van der Waals surface area contributed by atoms with E-state index in [1.54, 1.807) is 12.4 Å². The lowest BCUT2D eigenvalue weighted by Crippen LogP contribution is -2.28. The number of hydrogen-bond acceptors (Lipinski definition) is 4. The Morgan fingerprint density at radius 2 is 2.00 bits per heavy atom. The molecule has 4 heteroatoms. The Kier molecular flexibility index (Phi) is 4.22. The van der Waals surface area contributed by atoms with Crippen LogP contribution < -0.4 is 0 Å². The van der Waals surface area contributed by atoms with Gasteiger partial charge in [0.2, 0.25) is 0 Å². The van der Waals surface area contributed by atoms with E-state index >= 15 is 0 Å². The number of hydrogen-bond donors (Lipinski definition) is 0. The Bertz CT molecular complexity index is 831. The van der Waals surface area contributed by atoms with Crippen molar-refractivity contribution in [1.82, 2.24) is 19.9 Å². The molecular weight excluding hydrogens is 296 g/mol. The van der Waals surface area contributed by atoms with Gasteiger partial charge in [0, 0.05) is 35.9 Å². The molecule has 0 bridgehead atoms. The van der Waals surface area contributed by atoms with Crippen LogP contribution in [0.3, 0.4) is 0 Å². The number of benzene rings is 1. The lowest BCUT2D eigenvalue weighted by atomic mass is 10.1. The second-order valence-electron chi connectivity index (χ2n) is 6.63. The van der Waals surface area contributed by atoms with E-state index in [-0.39, 0.29) is 0 Å². The van der Waals surface area contributed by atoms with E-state index < -0.39 is 0 Å². The smallest absolute Gasteiger partial charge is 0.115 e. The highest BCUT2D eigenvalue weighted by molar-refractivity contribution is 5.82. The van der Waals surface area contributed by atoms with Crippen LogP contribution in [-0.2, 0) is 6.42 Å². The molecule has 1 saturated heterocycles. The largest absolute Gasteiger partial charge is 0.300 e. The van der Waals surface area contributed by atoms with Gasteiger partial charge in [-0.15, -0.1) is 0 Å². The van der Waals surface area contributed by atoms with Crippen LogP contribution in [0.25, 0.3) is 22.2 Å². The van der Waals surface area contributed by atoms with E-state index in [4.69, 9.17) is 4.98 Å². The fraction of sp³-hybridized carbons (Fsp3) is 0.350. The zero-order valence-corrected chi connectivity index (χ0v) is 14.0. The molecule has 0 radical (unpaired) electrons. The fourth-order valence-electron chi connectivity index (χ4n) is 3.52. The maximum atomic E-state index is 4.75. The molecule has 4 rings (SSSR count). The highest BCUT2D eigenvalue weighted by Crippen LogP contribution is 2.22. The van der Waals surface area contributed by atoms with Crippen molar-refractivity contribution >= 4 is 10.9 Å². The summed E-state index contributed by atoms with van der Waals surface area (Å²) in [4.78, 5) is 15.5. The van der Waals surface area contributed by atoms with Gasteiger partial charge in [0.15, 0.2) is 0 Å². The summed E-state index contributed by atoms with van der Waals surface area (Å²) in [5.41, 5.74) is 4.28. The van der Waals surface area contributed by atoms with Crippen molar-refractivity contribution in [3.05, 3.63) is 54.6 Å². The third-order valence-corrected chi connectivity index (χ3v) is 4.99. The first kappa shape index (κ1) is 15.2. The molecule has 24 heavy (non-hydrogen) atoms. The standard InChI is InChI=1S/C20H22N4/c1-15-3-2-9-24(15)10-8-16-4-6-19-17(11-16)5-7-20(23-19)18-12-21-14-22-13-18/h4-7,11-15H,2-3,8-10H2,1H3/t15-/m1/s1. The maximum absolute atomic E-state index is 4.75. The van der Waals surface area contributed by atoms with Gasteiger partial charge < -0.3 is 4.90 Å². The predicted molar refractivity (Wildman–Crippen MR) is 96.7 cm³/mol. The average Bonchev–Trinajstić information content (AvgIpc) is 3.05. The fourth-order valence-corrected chi connectivity index (χ4v) is 3.52. The van der Waals surface area contributed by atoms with Gasteiger partial charge in [-0.3, -0.25) is 0 Å². The minimum atomic E-state index is 0.739. The van der Waals surface area contributed by atoms with Gasteiger partial charge in [-0.1, -0.05) is 12.1 Å². The Morgan fingerprint density at radius 3 is 2.79 bits per heavy atom. The zero-order valence-electron chi connectivity index (χ0n) is 14.0. The van der Waals surface area contributed by atoms with Crippen LogP contribution in [0.2, 0.25) is 0 Å². The van der Waals surface area contributed by atoms with Crippen molar-refractivity contribution in [2.24, 2.45) is 0 Å². The quantitative estimate of drug-likeness (QED) is 0.735. The maximum Gasteiger partial charge on any atom is 0.115 e. The molecule has 0 aliphatic carbocycles. The number of aromatic nitrogens is 3. The van der Waals surface area contributed by atoms with Gasteiger partial charge in [0.25, 0.3) is 0 Å². The lowest BCUT2D eigenvalue weighted by molar-refractivity contribution is 0.272. The van der Waals surface area contributed by atoms with Crippen LogP contribution in [0.5, 0.6) is 0 Å². The second kappa shape index (κ2) is 6.65. The molecule has 0 unspecified atom stereocenters. The van der Waals surface area contributed by atoms with Gasteiger partial charge in [-0.05, 0) is 56.5 Å². The number of pyridine rings is 1. The second-order valence-corrected chi connectivity index (χ2v) is 6.63. The third kappa shape index (κ3) is 3.15. The molecule has 1 aliphatic rings. The van der Waals surface area contributed by atoms with E-state index in [1.807, 2.05) is 6.07 Å².